The molecule has 1 aromatic heterocycles. The minimum Gasteiger partial charge on any atom is -0.489 e. The number of nitrogens with zero attached hydrogens (tertiary/aromatic N) is 2. The third-order valence-corrected chi connectivity index (χ3v) is 2.03. The summed E-state index contributed by atoms with van der Waals surface area (Å²) in [6.07, 6.45) is -3.83. The Morgan fingerprint density at radius 2 is 2.28 bits per heavy atom. The predicted molar refractivity (Wildman–Crippen MR) is 53.7 cm³/mol. The van der Waals surface area contributed by atoms with Crippen LogP contribution >= 0.6 is 0 Å². The van der Waals surface area contributed by atoms with Gasteiger partial charge in [-0.05, 0) is 9.91 Å². The Balaban J connectivity index is 3.41. The number of methoxy groups -OCH3 is 1. The van der Waals surface area contributed by atoms with Gasteiger partial charge in [0.05, 0.1) is 12.7 Å². The monoisotopic (exact) mass is 262 g/mol. The van der Waals surface area contributed by atoms with E-state index >= 15 is 0 Å². The lowest BCUT2D eigenvalue weighted by Gasteiger charge is -2.06. The number of carboxylic acid groups (broad SMARTS) is 1. The molecule has 98 valence electrons. The molecule has 9 heteroatoms. The third-order valence-electron chi connectivity index (χ3n) is 2.03. The molecular formula is C9H8F2N2O5. The summed E-state index contributed by atoms with van der Waals surface area (Å²) in [5, 5.41) is 19.2. The number of nitro groups is 1. The van der Waals surface area contributed by atoms with Gasteiger partial charge in [-0.2, -0.15) is 0 Å². The summed E-state index contributed by atoms with van der Waals surface area (Å²) < 4.78 is 29.9. The van der Waals surface area contributed by atoms with Crippen LogP contribution in [0.1, 0.15) is 17.7 Å². The lowest BCUT2D eigenvalue weighted by atomic mass is 10.1. The molecular weight excluding hydrogens is 254 g/mol. The molecule has 0 aliphatic rings. The van der Waals surface area contributed by atoms with Gasteiger partial charge in [-0.25, -0.2) is 8.78 Å². The van der Waals surface area contributed by atoms with Gasteiger partial charge < -0.3 is 20.0 Å². The first-order valence-corrected chi connectivity index (χ1v) is 4.59. The Morgan fingerprint density at radius 1 is 1.67 bits per heavy atom. The van der Waals surface area contributed by atoms with Gasteiger partial charge in [0.2, 0.25) is 5.75 Å². The fourth-order valence-electron chi connectivity index (χ4n) is 1.29. The summed E-state index contributed by atoms with van der Waals surface area (Å²) in [6.45, 7) is 0. The van der Waals surface area contributed by atoms with Crippen molar-refractivity contribution in [3.8, 4) is 5.75 Å². The largest absolute Gasteiger partial charge is 0.489 e. The Labute approximate surface area is 99.2 Å². The summed E-state index contributed by atoms with van der Waals surface area (Å²) in [4.78, 5) is 23.5. The van der Waals surface area contributed by atoms with E-state index < -0.39 is 46.6 Å². The minimum atomic E-state index is -3.00. The van der Waals surface area contributed by atoms with Gasteiger partial charge in [0.1, 0.15) is 6.42 Å². The van der Waals surface area contributed by atoms with E-state index in [2.05, 4.69) is 9.72 Å². The molecule has 0 unspecified atom stereocenters. The van der Waals surface area contributed by atoms with Crippen molar-refractivity contribution in [3.63, 3.8) is 0 Å². The van der Waals surface area contributed by atoms with Gasteiger partial charge in [0.25, 0.3) is 6.43 Å². The lowest BCUT2D eigenvalue weighted by molar-refractivity contribution is -0.390. The van der Waals surface area contributed by atoms with Crippen LogP contribution in [-0.2, 0) is 11.2 Å². The number of halogens is 2. The van der Waals surface area contributed by atoms with Crippen molar-refractivity contribution in [2.75, 3.05) is 7.11 Å². The third kappa shape index (κ3) is 2.87. The molecule has 0 aromatic carbocycles. The minimum absolute atomic E-state index is 0.440. The quantitative estimate of drug-likeness (QED) is 0.638. The topological polar surface area (TPSA) is 103 Å². The number of rotatable bonds is 5. The van der Waals surface area contributed by atoms with Crippen molar-refractivity contribution in [1.29, 1.82) is 0 Å². The van der Waals surface area contributed by atoms with Crippen molar-refractivity contribution < 1.29 is 28.3 Å². The number of aromatic nitrogens is 1. The second kappa shape index (κ2) is 5.34. The molecule has 1 rings (SSSR count). The van der Waals surface area contributed by atoms with E-state index in [1.807, 2.05) is 0 Å². The molecule has 0 aliphatic heterocycles. The highest BCUT2D eigenvalue weighted by molar-refractivity contribution is 5.70. The number of aliphatic carboxylic acids is 1. The summed E-state index contributed by atoms with van der Waals surface area (Å²) in [7, 11) is 1.07. The maximum atomic E-state index is 12.7. The zero-order chi connectivity index (χ0) is 13.9. The maximum absolute atomic E-state index is 12.7. The fourth-order valence-corrected chi connectivity index (χ4v) is 1.29. The highest BCUT2D eigenvalue weighted by Crippen LogP contribution is 2.32. The van der Waals surface area contributed by atoms with E-state index in [0.29, 0.717) is 0 Å². The van der Waals surface area contributed by atoms with E-state index in [9.17, 15) is 23.7 Å². The van der Waals surface area contributed by atoms with Gasteiger partial charge in [0, 0.05) is 6.07 Å². The average Bonchev–Trinajstić information content (AvgIpc) is 2.27. The molecule has 0 radical (unpaired) electrons. The Morgan fingerprint density at radius 3 is 2.67 bits per heavy atom. The van der Waals surface area contributed by atoms with Crippen molar-refractivity contribution in [2.24, 2.45) is 0 Å². The molecule has 1 heterocycles. The second-order valence-corrected chi connectivity index (χ2v) is 3.18. The summed E-state index contributed by atoms with van der Waals surface area (Å²) >= 11 is 0. The number of pyridine rings is 1. The fraction of sp³-hybridized carbons (Fsp3) is 0.333. The molecule has 0 aliphatic carbocycles. The number of alkyl halides is 2. The van der Waals surface area contributed by atoms with E-state index in [0.717, 1.165) is 13.2 Å². The second-order valence-electron chi connectivity index (χ2n) is 3.18. The maximum Gasteiger partial charge on any atom is 0.406 e. The van der Waals surface area contributed by atoms with Crippen LogP contribution in [0, 0.1) is 10.1 Å². The molecule has 1 N–H and O–H groups in total. The van der Waals surface area contributed by atoms with Crippen LogP contribution in [0.4, 0.5) is 14.6 Å². The molecule has 0 saturated carbocycles. The van der Waals surface area contributed by atoms with E-state index in [-0.39, 0.29) is 0 Å². The molecule has 0 spiro atoms. The number of carbonyl (C=O) groups is 1. The number of carboxylic acids is 1. The highest BCUT2D eigenvalue weighted by atomic mass is 19.3. The summed E-state index contributed by atoms with van der Waals surface area (Å²) in [5.74, 6) is -2.65. The zero-order valence-corrected chi connectivity index (χ0v) is 9.09. The van der Waals surface area contributed by atoms with Crippen LogP contribution < -0.4 is 4.74 Å². The predicted octanol–water partition coefficient (Wildman–Crippen LogP) is 1.56. The van der Waals surface area contributed by atoms with E-state index in [1.54, 1.807) is 0 Å². The summed E-state index contributed by atoms with van der Waals surface area (Å²) in [5.41, 5.74) is -1.25. The molecule has 0 fully saturated rings. The van der Waals surface area contributed by atoms with E-state index in [4.69, 9.17) is 5.11 Å². The van der Waals surface area contributed by atoms with Crippen molar-refractivity contribution in [1.82, 2.24) is 4.98 Å². The normalized spacial score (nSPS) is 10.4. The Bertz CT molecular complexity index is 492. The smallest absolute Gasteiger partial charge is 0.406 e. The molecule has 0 atom stereocenters. The Hall–Kier alpha value is -2.32. The first-order chi connectivity index (χ1) is 8.36. The lowest BCUT2D eigenvalue weighted by Crippen LogP contribution is -2.09. The zero-order valence-electron chi connectivity index (χ0n) is 9.09. The molecule has 1 aromatic rings. The standard InChI is InChI=1S/C9H8F2N2O5/c1-18-6-2-4(8(10)11)5(3-7(14)15)12-9(6)13(16)17/h2,8H,3H2,1H3,(H,14,15). The van der Waals surface area contributed by atoms with Crippen molar-refractivity contribution in [3.05, 3.63) is 27.4 Å². The molecule has 0 saturated heterocycles. The van der Waals surface area contributed by atoms with Crippen LogP contribution in [0.3, 0.4) is 0 Å². The van der Waals surface area contributed by atoms with Crippen LogP contribution in [-0.4, -0.2) is 28.1 Å². The molecule has 0 amide bonds. The van der Waals surface area contributed by atoms with Crippen LogP contribution in [0.25, 0.3) is 0 Å². The Kier molecular flexibility index (Phi) is 4.08. The average molecular weight is 262 g/mol. The first kappa shape index (κ1) is 13.7. The van der Waals surface area contributed by atoms with Gasteiger partial charge in [-0.15, -0.1) is 0 Å². The van der Waals surface area contributed by atoms with Crippen LogP contribution in [0.2, 0.25) is 0 Å². The van der Waals surface area contributed by atoms with Crippen LogP contribution in [0.15, 0.2) is 6.07 Å². The van der Waals surface area contributed by atoms with Crippen molar-refractivity contribution >= 4 is 11.8 Å². The summed E-state index contributed by atoms with van der Waals surface area (Å²) in [6, 6.07) is 0.730. The van der Waals surface area contributed by atoms with Gasteiger partial charge >= 0.3 is 11.8 Å². The van der Waals surface area contributed by atoms with Gasteiger partial charge in [-0.3, -0.25) is 4.79 Å². The van der Waals surface area contributed by atoms with Gasteiger partial charge in [0.15, 0.2) is 5.69 Å². The van der Waals surface area contributed by atoms with E-state index in [1.165, 1.54) is 0 Å². The first-order valence-electron chi connectivity index (χ1n) is 4.59. The number of hydrogen-bond acceptors (Lipinski definition) is 5. The number of ether oxygens (including phenoxy) is 1. The molecule has 7 nitrogen and oxygen atoms in total. The SMILES string of the molecule is COc1cc(C(F)F)c(CC(=O)O)nc1[N+](=O)[O-]. The molecule has 0 bridgehead atoms. The van der Waals surface area contributed by atoms with Gasteiger partial charge in [-0.1, -0.05) is 0 Å². The van der Waals surface area contributed by atoms with Crippen LogP contribution in [0.5, 0.6) is 5.75 Å². The highest BCUT2D eigenvalue weighted by Gasteiger charge is 2.28. The van der Waals surface area contributed by atoms with Crippen molar-refractivity contribution in [2.45, 2.75) is 12.8 Å². The molecule has 18 heavy (non-hydrogen) atoms. The number of hydrogen-bond donors (Lipinski definition) is 1.